The van der Waals surface area contributed by atoms with Gasteiger partial charge in [-0.25, -0.2) is 9.98 Å². The highest BCUT2D eigenvalue weighted by atomic mass is 32.1. The van der Waals surface area contributed by atoms with Crippen LogP contribution in [-0.2, 0) is 6.54 Å². The third-order valence-corrected chi connectivity index (χ3v) is 4.65. The molecule has 0 radical (unpaired) electrons. The molecule has 3 N–H and O–H groups in total. The minimum atomic E-state index is 0.295. The number of aromatic nitrogens is 1. The first-order chi connectivity index (χ1) is 12.1. The van der Waals surface area contributed by atoms with E-state index in [4.69, 9.17) is 15.2 Å². The van der Waals surface area contributed by atoms with Gasteiger partial charge in [0.25, 0.3) is 0 Å². The number of aliphatic imine (C=N–C) groups is 1. The van der Waals surface area contributed by atoms with Gasteiger partial charge in [0.1, 0.15) is 11.5 Å². The zero-order chi connectivity index (χ0) is 17.8. The number of guanidine groups is 1. The van der Waals surface area contributed by atoms with Gasteiger partial charge in [-0.2, -0.15) is 0 Å². The summed E-state index contributed by atoms with van der Waals surface area (Å²) in [5.41, 5.74) is 9.00. The van der Waals surface area contributed by atoms with Crippen molar-refractivity contribution in [1.82, 2.24) is 4.98 Å². The van der Waals surface area contributed by atoms with E-state index in [2.05, 4.69) is 28.3 Å². The number of benzene rings is 2. The van der Waals surface area contributed by atoms with Crippen molar-refractivity contribution in [2.24, 2.45) is 10.7 Å². The SMILES string of the molecule is COc1cccc(OC)c1CN=C(N)Nc1nc2ccc(C)cc2s1. The normalized spacial score (nSPS) is 11.6. The number of rotatable bonds is 5. The Hall–Kier alpha value is -2.80. The Morgan fingerprint density at radius 3 is 2.60 bits per heavy atom. The summed E-state index contributed by atoms with van der Waals surface area (Å²) >= 11 is 1.54. The Kier molecular flexibility index (Phi) is 5.04. The number of nitrogens with zero attached hydrogens (tertiary/aromatic N) is 2. The lowest BCUT2D eigenvalue weighted by atomic mass is 10.2. The molecule has 2 aromatic carbocycles. The summed E-state index contributed by atoms with van der Waals surface area (Å²) in [4.78, 5) is 8.90. The van der Waals surface area contributed by atoms with E-state index in [1.54, 1.807) is 25.6 Å². The Morgan fingerprint density at radius 2 is 1.92 bits per heavy atom. The van der Waals surface area contributed by atoms with Crippen molar-refractivity contribution in [3.05, 3.63) is 47.5 Å². The molecule has 130 valence electrons. The molecule has 3 rings (SSSR count). The molecule has 0 saturated carbocycles. The number of aryl methyl sites for hydroxylation is 1. The maximum Gasteiger partial charge on any atom is 0.195 e. The van der Waals surface area contributed by atoms with Crippen LogP contribution < -0.4 is 20.5 Å². The lowest BCUT2D eigenvalue weighted by molar-refractivity contribution is 0.385. The van der Waals surface area contributed by atoms with E-state index in [1.165, 1.54) is 5.56 Å². The van der Waals surface area contributed by atoms with Crippen LogP contribution in [0.1, 0.15) is 11.1 Å². The van der Waals surface area contributed by atoms with Crippen LogP contribution in [0.25, 0.3) is 10.2 Å². The first-order valence-corrected chi connectivity index (χ1v) is 8.56. The first-order valence-electron chi connectivity index (χ1n) is 7.74. The smallest absolute Gasteiger partial charge is 0.195 e. The number of nitrogens with one attached hydrogen (secondary N) is 1. The highest BCUT2D eigenvalue weighted by Crippen LogP contribution is 2.29. The number of methoxy groups -OCH3 is 2. The van der Waals surface area contributed by atoms with Gasteiger partial charge in [0.15, 0.2) is 11.1 Å². The number of anilines is 1. The Bertz CT molecular complexity index is 898. The Balaban J connectivity index is 1.78. The largest absolute Gasteiger partial charge is 0.496 e. The number of fused-ring (bicyclic) bond motifs is 1. The molecule has 0 aliphatic carbocycles. The second-order valence-corrected chi connectivity index (χ2v) is 6.49. The standard InChI is InChI=1S/C18H20N4O2S/c1-11-7-8-13-16(9-11)25-18(21-13)22-17(19)20-10-12-14(23-2)5-4-6-15(12)24-3/h4-9H,10H2,1-3H3,(H3,19,20,21,22). The van der Waals surface area contributed by atoms with Crippen LogP contribution in [0.4, 0.5) is 5.13 Å². The monoisotopic (exact) mass is 356 g/mol. The molecule has 25 heavy (non-hydrogen) atoms. The molecular weight excluding hydrogens is 336 g/mol. The van der Waals surface area contributed by atoms with Gasteiger partial charge in [0.05, 0.1) is 36.5 Å². The number of ether oxygens (including phenoxy) is 2. The summed E-state index contributed by atoms with van der Waals surface area (Å²) < 4.78 is 11.9. The van der Waals surface area contributed by atoms with E-state index < -0.39 is 0 Å². The molecule has 0 saturated heterocycles. The summed E-state index contributed by atoms with van der Waals surface area (Å²) in [6.45, 7) is 2.40. The number of nitrogens with two attached hydrogens (primary N) is 1. The fourth-order valence-corrected chi connectivity index (χ4v) is 3.45. The van der Waals surface area contributed by atoms with E-state index in [9.17, 15) is 0 Å². The summed E-state index contributed by atoms with van der Waals surface area (Å²) in [5, 5.41) is 3.77. The van der Waals surface area contributed by atoms with Gasteiger partial charge >= 0.3 is 0 Å². The highest BCUT2D eigenvalue weighted by molar-refractivity contribution is 7.22. The predicted molar refractivity (Wildman–Crippen MR) is 103 cm³/mol. The molecule has 1 aromatic heterocycles. The number of thiazole rings is 1. The quantitative estimate of drug-likeness (QED) is 0.540. The van der Waals surface area contributed by atoms with Crippen LogP contribution in [0, 0.1) is 6.92 Å². The van der Waals surface area contributed by atoms with Crippen molar-refractivity contribution in [1.29, 1.82) is 0 Å². The lowest BCUT2D eigenvalue weighted by Gasteiger charge is -2.11. The summed E-state index contributed by atoms with van der Waals surface area (Å²) in [6, 6.07) is 11.7. The average Bonchev–Trinajstić information content (AvgIpc) is 3.00. The molecule has 6 nitrogen and oxygen atoms in total. The Morgan fingerprint density at radius 1 is 1.20 bits per heavy atom. The summed E-state index contributed by atoms with van der Waals surface area (Å²) in [6.07, 6.45) is 0. The van der Waals surface area contributed by atoms with E-state index in [0.29, 0.717) is 29.1 Å². The zero-order valence-electron chi connectivity index (χ0n) is 14.4. The van der Waals surface area contributed by atoms with Crippen molar-refractivity contribution in [3.8, 4) is 11.5 Å². The van der Waals surface area contributed by atoms with Crippen LogP contribution in [0.5, 0.6) is 11.5 Å². The van der Waals surface area contributed by atoms with Gasteiger partial charge in [0.2, 0.25) is 0 Å². The van der Waals surface area contributed by atoms with Crippen LogP contribution in [0.3, 0.4) is 0 Å². The topological polar surface area (TPSA) is 81.8 Å². The van der Waals surface area contributed by atoms with Gasteiger partial charge in [0, 0.05) is 0 Å². The van der Waals surface area contributed by atoms with Gasteiger partial charge < -0.3 is 20.5 Å². The summed E-state index contributed by atoms with van der Waals surface area (Å²) in [5.74, 6) is 1.72. The minimum Gasteiger partial charge on any atom is -0.496 e. The molecule has 0 unspecified atom stereocenters. The third-order valence-electron chi connectivity index (χ3n) is 3.72. The van der Waals surface area contributed by atoms with Crippen molar-refractivity contribution in [3.63, 3.8) is 0 Å². The highest BCUT2D eigenvalue weighted by Gasteiger charge is 2.10. The number of hydrogen-bond donors (Lipinski definition) is 2. The van der Waals surface area contributed by atoms with Crippen LogP contribution >= 0.6 is 11.3 Å². The lowest BCUT2D eigenvalue weighted by Crippen LogP contribution is -2.22. The van der Waals surface area contributed by atoms with Crippen molar-refractivity contribution < 1.29 is 9.47 Å². The molecule has 0 aliphatic rings. The van der Waals surface area contributed by atoms with Crippen LogP contribution in [-0.4, -0.2) is 25.2 Å². The molecule has 7 heteroatoms. The van der Waals surface area contributed by atoms with E-state index in [-0.39, 0.29) is 0 Å². The third kappa shape index (κ3) is 3.83. The molecular formula is C18H20N4O2S. The van der Waals surface area contributed by atoms with Crippen LogP contribution in [0.15, 0.2) is 41.4 Å². The molecule has 0 fully saturated rings. The van der Waals surface area contributed by atoms with Gasteiger partial charge in [-0.15, -0.1) is 0 Å². The van der Waals surface area contributed by atoms with E-state index >= 15 is 0 Å². The molecule has 0 aliphatic heterocycles. The summed E-state index contributed by atoms with van der Waals surface area (Å²) in [7, 11) is 3.24. The average molecular weight is 356 g/mol. The molecule has 0 bridgehead atoms. The number of hydrogen-bond acceptors (Lipinski definition) is 5. The van der Waals surface area contributed by atoms with Crippen molar-refractivity contribution in [2.75, 3.05) is 19.5 Å². The van der Waals surface area contributed by atoms with Gasteiger partial charge in [-0.05, 0) is 36.8 Å². The van der Waals surface area contributed by atoms with E-state index in [0.717, 1.165) is 15.8 Å². The zero-order valence-corrected chi connectivity index (χ0v) is 15.2. The second-order valence-electron chi connectivity index (χ2n) is 5.46. The molecule has 0 atom stereocenters. The maximum absolute atomic E-state index is 6.01. The van der Waals surface area contributed by atoms with Crippen LogP contribution in [0.2, 0.25) is 0 Å². The molecule has 3 aromatic rings. The molecule has 0 amide bonds. The second kappa shape index (κ2) is 7.40. The fourth-order valence-electron chi connectivity index (χ4n) is 2.48. The van der Waals surface area contributed by atoms with Gasteiger partial charge in [-0.3, -0.25) is 0 Å². The van der Waals surface area contributed by atoms with Crippen molar-refractivity contribution in [2.45, 2.75) is 13.5 Å². The first kappa shape index (κ1) is 17.0. The van der Waals surface area contributed by atoms with Crippen molar-refractivity contribution >= 4 is 32.6 Å². The Labute approximate surface area is 150 Å². The molecule has 0 spiro atoms. The van der Waals surface area contributed by atoms with E-state index in [1.807, 2.05) is 30.3 Å². The molecule has 1 heterocycles. The van der Waals surface area contributed by atoms with Gasteiger partial charge in [-0.1, -0.05) is 23.5 Å². The predicted octanol–water partition coefficient (Wildman–Crippen LogP) is 3.55. The fraction of sp³-hybridized carbons (Fsp3) is 0.222. The minimum absolute atomic E-state index is 0.295. The maximum atomic E-state index is 6.01.